The SMILES string of the molecule is CCCCc1ccc(C#Cc2ccc(CN(C(=O)c3ccc4c(c3)CCO4)c3ccc(O)c(C(=O)O)c3)cc2)cc1. The van der Waals surface area contributed by atoms with Crippen LogP contribution in [-0.4, -0.2) is 28.7 Å². The highest BCUT2D eigenvalue weighted by Crippen LogP contribution is 2.30. The molecular weight excluding hydrogens is 514 g/mol. The number of phenols is 1. The summed E-state index contributed by atoms with van der Waals surface area (Å²) in [4.78, 5) is 27.0. The van der Waals surface area contributed by atoms with Gasteiger partial charge in [-0.15, -0.1) is 0 Å². The predicted octanol–water partition coefficient (Wildman–Crippen LogP) is 6.61. The van der Waals surface area contributed by atoms with E-state index in [2.05, 4.69) is 30.9 Å². The number of hydrogen-bond donors (Lipinski definition) is 2. The topological polar surface area (TPSA) is 87.1 Å². The summed E-state index contributed by atoms with van der Waals surface area (Å²) < 4.78 is 5.58. The number of carbonyl (C=O) groups excluding carboxylic acids is 1. The van der Waals surface area contributed by atoms with Crippen molar-refractivity contribution in [2.45, 2.75) is 39.2 Å². The van der Waals surface area contributed by atoms with Gasteiger partial charge in [0.25, 0.3) is 5.91 Å². The van der Waals surface area contributed by atoms with E-state index in [0.29, 0.717) is 17.9 Å². The molecule has 1 aliphatic heterocycles. The number of rotatable bonds is 8. The number of anilines is 1. The predicted molar refractivity (Wildman–Crippen MR) is 159 cm³/mol. The first kappa shape index (κ1) is 27.5. The van der Waals surface area contributed by atoms with E-state index in [9.17, 15) is 19.8 Å². The van der Waals surface area contributed by atoms with Gasteiger partial charge in [0.05, 0.1) is 13.2 Å². The molecule has 6 nitrogen and oxygen atoms in total. The molecule has 206 valence electrons. The van der Waals surface area contributed by atoms with Crippen LogP contribution in [0, 0.1) is 11.8 Å². The van der Waals surface area contributed by atoms with E-state index >= 15 is 0 Å². The second kappa shape index (κ2) is 12.4. The Balaban J connectivity index is 1.39. The van der Waals surface area contributed by atoms with Crippen molar-refractivity contribution in [2.24, 2.45) is 0 Å². The monoisotopic (exact) mass is 545 g/mol. The van der Waals surface area contributed by atoms with E-state index in [1.165, 1.54) is 35.4 Å². The van der Waals surface area contributed by atoms with Crippen molar-refractivity contribution < 1.29 is 24.5 Å². The van der Waals surface area contributed by atoms with Crippen LogP contribution < -0.4 is 9.64 Å². The van der Waals surface area contributed by atoms with Crippen LogP contribution in [0.3, 0.4) is 0 Å². The fraction of sp³-hybridized carbons (Fsp3) is 0.200. The molecule has 0 aromatic heterocycles. The van der Waals surface area contributed by atoms with Gasteiger partial charge in [-0.25, -0.2) is 4.79 Å². The summed E-state index contributed by atoms with van der Waals surface area (Å²) >= 11 is 0. The van der Waals surface area contributed by atoms with Gasteiger partial charge >= 0.3 is 5.97 Å². The van der Waals surface area contributed by atoms with Crippen LogP contribution in [0.25, 0.3) is 0 Å². The molecule has 4 aromatic rings. The molecule has 0 bridgehead atoms. The molecule has 5 rings (SSSR count). The van der Waals surface area contributed by atoms with Gasteiger partial charge in [0, 0.05) is 28.8 Å². The fourth-order valence-electron chi connectivity index (χ4n) is 4.78. The van der Waals surface area contributed by atoms with E-state index in [1.54, 1.807) is 18.2 Å². The number of aromatic hydroxyl groups is 1. The molecule has 1 heterocycles. The Morgan fingerprint density at radius 3 is 2.22 bits per heavy atom. The maximum atomic E-state index is 13.8. The third kappa shape index (κ3) is 6.59. The lowest BCUT2D eigenvalue weighted by Crippen LogP contribution is -2.30. The first-order valence-electron chi connectivity index (χ1n) is 13.7. The number of aromatic carboxylic acids is 1. The molecule has 0 saturated heterocycles. The van der Waals surface area contributed by atoms with Gasteiger partial charge in [0.15, 0.2) is 0 Å². The number of unbranched alkanes of at least 4 members (excludes halogenated alkanes) is 1. The van der Waals surface area contributed by atoms with Crippen molar-refractivity contribution in [1.29, 1.82) is 0 Å². The summed E-state index contributed by atoms with van der Waals surface area (Å²) in [6.07, 6.45) is 4.15. The van der Waals surface area contributed by atoms with Crippen LogP contribution in [0.1, 0.15) is 68.3 Å². The van der Waals surface area contributed by atoms with Crippen LogP contribution >= 0.6 is 0 Å². The number of benzene rings is 4. The summed E-state index contributed by atoms with van der Waals surface area (Å²) in [5, 5.41) is 19.6. The summed E-state index contributed by atoms with van der Waals surface area (Å²) in [6, 6.07) is 25.5. The number of carbonyl (C=O) groups is 2. The second-order valence-corrected chi connectivity index (χ2v) is 10.1. The van der Waals surface area contributed by atoms with E-state index in [-0.39, 0.29) is 23.8 Å². The molecule has 0 unspecified atom stereocenters. The standard InChI is InChI=1S/C35H31NO5/c1-2-3-4-24-5-7-25(8-6-24)9-10-26-11-13-27(14-12-26)23-36(30-16-17-32(37)31(22-30)35(39)40)34(38)29-15-18-33-28(21-29)19-20-41-33/h5-8,11-18,21-22,37H,2-4,19-20,23H2,1H3,(H,39,40). The van der Waals surface area contributed by atoms with Crippen molar-refractivity contribution in [3.63, 3.8) is 0 Å². The summed E-state index contributed by atoms with van der Waals surface area (Å²) in [6.45, 7) is 2.96. The molecule has 1 amide bonds. The van der Waals surface area contributed by atoms with Crippen molar-refractivity contribution in [3.8, 4) is 23.3 Å². The lowest BCUT2D eigenvalue weighted by Gasteiger charge is -2.24. The maximum Gasteiger partial charge on any atom is 0.339 e. The lowest BCUT2D eigenvalue weighted by atomic mass is 10.0. The van der Waals surface area contributed by atoms with Gasteiger partial charge < -0.3 is 19.8 Å². The Kier molecular flexibility index (Phi) is 8.36. The van der Waals surface area contributed by atoms with Gasteiger partial charge in [-0.05, 0) is 90.2 Å². The number of fused-ring (bicyclic) bond motifs is 1. The molecule has 0 fully saturated rings. The molecule has 0 radical (unpaired) electrons. The number of ether oxygens (including phenoxy) is 1. The van der Waals surface area contributed by atoms with Crippen LogP contribution in [0.5, 0.6) is 11.5 Å². The molecule has 2 N–H and O–H groups in total. The fourth-order valence-corrected chi connectivity index (χ4v) is 4.78. The van der Waals surface area contributed by atoms with E-state index < -0.39 is 5.97 Å². The van der Waals surface area contributed by atoms with Crippen LogP contribution in [0.4, 0.5) is 5.69 Å². The van der Waals surface area contributed by atoms with Gasteiger partial charge in [0.2, 0.25) is 0 Å². The molecule has 4 aromatic carbocycles. The van der Waals surface area contributed by atoms with Crippen LogP contribution in [0.2, 0.25) is 0 Å². The molecule has 0 spiro atoms. The number of nitrogens with zero attached hydrogens (tertiary/aromatic N) is 1. The van der Waals surface area contributed by atoms with Crippen LogP contribution in [0.15, 0.2) is 84.9 Å². The van der Waals surface area contributed by atoms with E-state index in [1.807, 2.05) is 42.5 Å². The minimum Gasteiger partial charge on any atom is -0.507 e. The molecule has 1 aliphatic rings. The Hall–Kier alpha value is -5.02. The summed E-state index contributed by atoms with van der Waals surface area (Å²) in [7, 11) is 0. The Morgan fingerprint density at radius 1 is 0.878 bits per heavy atom. The molecule has 0 saturated carbocycles. The van der Waals surface area contributed by atoms with Crippen molar-refractivity contribution in [1.82, 2.24) is 0 Å². The number of carboxylic acids is 1. The van der Waals surface area contributed by atoms with E-state index in [0.717, 1.165) is 40.8 Å². The first-order valence-corrected chi connectivity index (χ1v) is 13.7. The average molecular weight is 546 g/mol. The molecule has 41 heavy (non-hydrogen) atoms. The number of hydrogen-bond acceptors (Lipinski definition) is 4. The minimum absolute atomic E-state index is 0.198. The first-order chi connectivity index (χ1) is 19.9. The Labute approximate surface area is 239 Å². The average Bonchev–Trinajstić information content (AvgIpc) is 3.47. The highest BCUT2D eigenvalue weighted by atomic mass is 16.5. The lowest BCUT2D eigenvalue weighted by molar-refractivity contribution is 0.0693. The van der Waals surface area contributed by atoms with Gasteiger partial charge in [0.1, 0.15) is 17.1 Å². The smallest absolute Gasteiger partial charge is 0.339 e. The molecule has 0 aliphatic carbocycles. The third-order valence-electron chi connectivity index (χ3n) is 7.12. The molecular formula is C35H31NO5. The normalized spacial score (nSPS) is 11.6. The number of amides is 1. The van der Waals surface area contributed by atoms with Gasteiger partial charge in [-0.2, -0.15) is 0 Å². The number of aryl methyl sites for hydroxylation is 1. The highest BCUT2D eigenvalue weighted by Gasteiger charge is 2.23. The quantitative estimate of drug-likeness (QED) is 0.243. The largest absolute Gasteiger partial charge is 0.507 e. The van der Waals surface area contributed by atoms with Crippen LogP contribution in [-0.2, 0) is 19.4 Å². The minimum atomic E-state index is -1.27. The second-order valence-electron chi connectivity index (χ2n) is 10.1. The highest BCUT2D eigenvalue weighted by molar-refractivity contribution is 6.07. The molecule has 6 heteroatoms. The van der Waals surface area contributed by atoms with Crippen molar-refractivity contribution in [3.05, 3.63) is 124 Å². The third-order valence-corrected chi connectivity index (χ3v) is 7.12. The number of carboxylic acid groups (broad SMARTS) is 1. The summed E-state index contributed by atoms with van der Waals surface area (Å²) in [5.74, 6) is 5.26. The van der Waals surface area contributed by atoms with Gasteiger partial charge in [-0.1, -0.05) is 49.5 Å². The summed E-state index contributed by atoms with van der Waals surface area (Å²) in [5.41, 5.74) is 5.50. The zero-order valence-electron chi connectivity index (χ0n) is 22.9. The molecule has 0 atom stereocenters. The zero-order valence-corrected chi connectivity index (χ0v) is 22.9. The van der Waals surface area contributed by atoms with Crippen molar-refractivity contribution >= 4 is 17.6 Å². The maximum absolute atomic E-state index is 13.8. The zero-order chi connectivity index (χ0) is 28.8. The van der Waals surface area contributed by atoms with E-state index in [4.69, 9.17) is 4.74 Å². The van der Waals surface area contributed by atoms with Crippen molar-refractivity contribution in [2.75, 3.05) is 11.5 Å². The Bertz CT molecular complexity index is 1630. The van der Waals surface area contributed by atoms with Gasteiger partial charge in [-0.3, -0.25) is 4.79 Å². The Morgan fingerprint density at radius 2 is 1.56 bits per heavy atom.